The van der Waals surface area contributed by atoms with Gasteiger partial charge in [0.25, 0.3) is 0 Å². The molecule has 1 heterocycles. The van der Waals surface area contributed by atoms with Crippen molar-refractivity contribution in [3.05, 3.63) is 77.6 Å². The molecule has 25 heavy (non-hydrogen) atoms. The highest BCUT2D eigenvalue weighted by molar-refractivity contribution is 7.80. The molecule has 0 saturated heterocycles. The number of imidazole rings is 1. The van der Waals surface area contributed by atoms with Crippen molar-refractivity contribution in [3.8, 4) is 11.4 Å². The Morgan fingerprint density at radius 2 is 1.88 bits per heavy atom. The summed E-state index contributed by atoms with van der Waals surface area (Å²) in [5, 5.41) is 0. The summed E-state index contributed by atoms with van der Waals surface area (Å²) in [7, 11) is 0. The van der Waals surface area contributed by atoms with Gasteiger partial charge in [0, 0.05) is 30.1 Å². The van der Waals surface area contributed by atoms with E-state index in [2.05, 4.69) is 4.98 Å². The molecule has 0 fully saturated rings. The Kier molecular flexibility index (Phi) is 4.59. The molecule has 3 nitrogen and oxygen atoms in total. The van der Waals surface area contributed by atoms with Gasteiger partial charge >= 0.3 is 6.18 Å². The zero-order valence-corrected chi connectivity index (χ0v) is 13.8. The number of nitrogens with two attached hydrogens (primary N) is 1. The van der Waals surface area contributed by atoms with Crippen molar-refractivity contribution in [2.24, 2.45) is 5.73 Å². The predicted molar refractivity (Wildman–Crippen MR) is 94.1 cm³/mol. The summed E-state index contributed by atoms with van der Waals surface area (Å²) >= 11 is 4.96. The van der Waals surface area contributed by atoms with E-state index in [1.807, 2.05) is 18.2 Å². The molecular formula is C18H14F3N3S. The van der Waals surface area contributed by atoms with Gasteiger partial charge in [-0.2, -0.15) is 13.2 Å². The Hall–Kier alpha value is -2.67. The van der Waals surface area contributed by atoms with Crippen molar-refractivity contribution >= 4 is 17.2 Å². The van der Waals surface area contributed by atoms with Crippen LogP contribution in [0.4, 0.5) is 13.2 Å². The molecule has 0 bridgehead atoms. The fourth-order valence-corrected chi connectivity index (χ4v) is 2.75. The molecule has 0 amide bonds. The maximum absolute atomic E-state index is 13.3. The fraction of sp³-hybridized carbons (Fsp3) is 0.111. The Bertz CT molecular complexity index is 916. The summed E-state index contributed by atoms with van der Waals surface area (Å²) in [5.74, 6) is 0.258. The lowest BCUT2D eigenvalue weighted by Crippen LogP contribution is -2.11. The summed E-state index contributed by atoms with van der Waals surface area (Å²) < 4.78 is 41.5. The largest absolute Gasteiger partial charge is 0.417 e. The van der Waals surface area contributed by atoms with E-state index in [0.29, 0.717) is 12.1 Å². The maximum atomic E-state index is 13.3. The number of nitrogens with zero attached hydrogens (tertiary/aromatic N) is 2. The number of halogens is 3. The first-order chi connectivity index (χ1) is 11.9. The lowest BCUT2D eigenvalue weighted by Gasteiger charge is -2.14. The maximum Gasteiger partial charge on any atom is 0.417 e. The van der Waals surface area contributed by atoms with Crippen LogP contribution in [0.1, 0.15) is 16.7 Å². The zero-order valence-electron chi connectivity index (χ0n) is 13.0. The second-order valence-electron chi connectivity index (χ2n) is 5.49. The molecule has 3 rings (SSSR count). The van der Waals surface area contributed by atoms with Crippen LogP contribution >= 0.6 is 12.2 Å². The van der Waals surface area contributed by atoms with Gasteiger partial charge in [-0.3, -0.25) is 0 Å². The highest BCUT2D eigenvalue weighted by atomic mass is 32.1. The van der Waals surface area contributed by atoms with Crippen LogP contribution in [0.25, 0.3) is 11.4 Å². The summed E-state index contributed by atoms with van der Waals surface area (Å²) in [4.78, 5) is 4.40. The van der Waals surface area contributed by atoms with Crippen molar-refractivity contribution in [2.45, 2.75) is 12.7 Å². The summed E-state index contributed by atoms with van der Waals surface area (Å²) in [6.45, 7) is 0.359. The van der Waals surface area contributed by atoms with Gasteiger partial charge < -0.3 is 10.3 Å². The van der Waals surface area contributed by atoms with Gasteiger partial charge in [-0.05, 0) is 17.7 Å². The average Bonchev–Trinajstić information content (AvgIpc) is 3.02. The van der Waals surface area contributed by atoms with Gasteiger partial charge in [0.15, 0.2) is 0 Å². The molecule has 0 atom stereocenters. The molecule has 0 unspecified atom stereocenters. The topological polar surface area (TPSA) is 43.8 Å². The van der Waals surface area contributed by atoms with E-state index in [4.69, 9.17) is 18.0 Å². The second kappa shape index (κ2) is 6.68. The van der Waals surface area contributed by atoms with E-state index < -0.39 is 11.7 Å². The normalized spacial score (nSPS) is 11.5. The van der Waals surface area contributed by atoms with Gasteiger partial charge in [-0.15, -0.1) is 0 Å². The molecule has 0 aliphatic carbocycles. The van der Waals surface area contributed by atoms with E-state index >= 15 is 0 Å². The lowest BCUT2D eigenvalue weighted by atomic mass is 10.1. The van der Waals surface area contributed by atoms with Crippen molar-refractivity contribution in [2.75, 3.05) is 0 Å². The molecule has 0 aliphatic rings. The van der Waals surface area contributed by atoms with Crippen LogP contribution in [0, 0.1) is 0 Å². The van der Waals surface area contributed by atoms with E-state index in [1.54, 1.807) is 22.9 Å². The SMILES string of the molecule is NC(=S)c1cccc(Cn2ccnc2-c2ccccc2C(F)(F)F)c1. The molecule has 0 radical (unpaired) electrons. The molecule has 2 N–H and O–H groups in total. The number of hydrogen-bond donors (Lipinski definition) is 1. The molecule has 3 aromatic rings. The Morgan fingerprint density at radius 3 is 2.60 bits per heavy atom. The first kappa shape index (κ1) is 17.2. The number of alkyl halides is 3. The molecule has 128 valence electrons. The minimum atomic E-state index is -4.45. The van der Waals surface area contributed by atoms with E-state index in [9.17, 15) is 13.2 Å². The third-order valence-corrected chi connectivity index (χ3v) is 3.99. The van der Waals surface area contributed by atoms with Crippen molar-refractivity contribution in [1.29, 1.82) is 0 Å². The van der Waals surface area contributed by atoms with Crippen LogP contribution in [0.2, 0.25) is 0 Å². The van der Waals surface area contributed by atoms with Gasteiger partial charge in [-0.1, -0.05) is 48.6 Å². The summed E-state index contributed by atoms with van der Waals surface area (Å²) in [5.41, 5.74) is 6.55. The number of aromatic nitrogens is 2. The van der Waals surface area contributed by atoms with Crippen LogP contribution in [0.15, 0.2) is 60.9 Å². The van der Waals surface area contributed by atoms with Crippen LogP contribution in [-0.4, -0.2) is 14.5 Å². The molecule has 1 aromatic heterocycles. The van der Waals surface area contributed by atoms with Crippen LogP contribution in [-0.2, 0) is 12.7 Å². The molecule has 0 saturated carbocycles. The average molecular weight is 361 g/mol. The third-order valence-electron chi connectivity index (χ3n) is 3.75. The van der Waals surface area contributed by atoms with Gasteiger partial charge in [0.2, 0.25) is 0 Å². The number of benzene rings is 2. The van der Waals surface area contributed by atoms with Crippen molar-refractivity contribution in [3.63, 3.8) is 0 Å². The molecule has 0 aliphatic heterocycles. The highest BCUT2D eigenvalue weighted by Gasteiger charge is 2.34. The zero-order chi connectivity index (χ0) is 18.0. The summed E-state index contributed by atoms with van der Waals surface area (Å²) in [6, 6.07) is 12.7. The Labute approximate surface area is 147 Å². The molecule has 0 spiro atoms. The second-order valence-corrected chi connectivity index (χ2v) is 5.93. The minimum Gasteiger partial charge on any atom is -0.389 e. The van der Waals surface area contributed by atoms with Gasteiger partial charge in [0.05, 0.1) is 5.56 Å². The Balaban J connectivity index is 2.00. The van der Waals surface area contributed by atoms with Crippen LogP contribution in [0.3, 0.4) is 0 Å². The number of hydrogen-bond acceptors (Lipinski definition) is 2. The molecule has 7 heteroatoms. The number of rotatable bonds is 4. The highest BCUT2D eigenvalue weighted by Crippen LogP contribution is 2.36. The monoisotopic (exact) mass is 361 g/mol. The quantitative estimate of drug-likeness (QED) is 0.707. The van der Waals surface area contributed by atoms with Gasteiger partial charge in [0.1, 0.15) is 10.8 Å². The fourth-order valence-electron chi connectivity index (χ4n) is 2.63. The van der Waals surface area contributed by atoms with Crippen molar-refractivity contribution in [1.82, 2.24) is 9.55 Å². The van der Waals surface area contributed by atoms with Crippen LogP contribution in [0.5, 0.6) is 0 Å². The summed E-state index contributed by atoms with van der Waals surface area (Å²) in [6.07, 6.45) is -1.31. The molecular weight excluding hydrogens is 347 g/mol. The van der Waals surface area contributed by atoms with Crippen molar-refractivity contribution < 1.29 is 13.2 Å². The predicted octanol–water partition coefficient (Wildman–Crippen LogP) is 4.25. The minimum absolute atomic E-state index is 0.0468. The smallest absolute Gasteiger partial charge is 0.389 e. The molecule has 2 aromatic carbocycles. The first-order valence-electron chi connectivity index (χ1n) is 7.43. The standard InChI is InChI=1S/C18H14F3N3S/c19-18(20,21)15-7-2-1-6-14(15)17-23-8-9-24(17)11-12-4-3-5-13(10-12)16(22)25/h1-10H,11H2,(H2,22,25). The third kappa shape index (κ3) is 3.71. The van der Waals surface area contributed by atoms with E-state index in [-0.39, 0.29) is 16.4 Å². The first-order valence-corrected chi connectivity index (χ1v) is 7.83. The van der Waals surface area contributed by atoms with Crippen LogP contribution < -0.4 is 5.73 Å². The van der Waals surface area contributed by atoms with Gasteiger partial charge in [-0.25, -0.2) is 4.98 Å². The Morgan fingerprint density at radius 1 is 1.12 bits per heavy atom. The number of thiocarbonyl (C=S) groups is 1. The van der Waals surface area contributed by atoms with E-state index in [0.717, 1.165) is 11.6 Å². The van der Waals surface area contributed by atoms with E-state index in [1.165, 1.54) is 18.3 Å². The lowest BCUT2D eigenvalue weighted by molar-refractivity contribution is -0.137.